The van der Waals surface area contributed by atoms with E-state index in [1.165, 1.54) is 0 Å². The minimum absolute atomic E-state index is 0. The molecule has 0 saturated carbocycles. The lowest BCUT2D eigenvalue weighted by Crippen LogP contribution is -2.36. The van der Waals surface area contributed by atoms with Gasteiger partial charge in [0.05, 0.1) is 19.9 Å². The molecule has 0 aliphatic carbocycles. The zero-order chi connectivity index (χ0) is 30.7. The number of rotatable bonds is 10. The number of benzene rings is 1. The molecule has 4 heterocycles. The Hall–Kier alpha value is -4.06. The van der Waals surface area contributed by atoms with Crippen molar-refractivity contribution in [3.8, 4) is 11.5 Å². The van der Waals surface area contributed by atoms with Gasteiger partial charge in [-0.2, -0.15) is 0 Å². The third-order valence-electron chi connectivity index (χ3n) is 7.80. The van der Waals surface area contributed by atoms with Crippen LogP contribution >= 0.6 is 37.2 Å². The summed E-state index contributed by atoms with van der Waals surface area (Å²) < 4.78 is 12.7. The van der Waals surface area contributed by atoms with Crippen LogP contribution in [0.4, 0.5) is 11.6 Å². The summed E-state index contributed by atoms with van der Waals surface area (Å²) in [5.74, 6) is 1.42. The Labute approximate surface area is 287 Å². The van der Waals surface area contributed by atoms with Crippen LogP contribution < -0.4 is 31.4 Å². The van der Waals surface area contributed by atoms with Gasteiger partial charge in [-0.3, -0.25) is 19.1 Å². The minimum atomic E-state index is -0.633. The minimum Gasteiger partial charge on any atom is -0.497 e. The number of nitrogen functional groups attached to an aromatic ring is 1. The molecule has 11 nitrogen and oxygen atoms in total. The van der Waals surface area contributed by atoms with Crippen molar-refractivity contribution in [3.63, 3.8) is 0 Å². The lowest BCUT2D eigenvalue weighted by Gasteiger charge is -2.22. The van der Waals surface area contributed by atoms with Gasteiger partial charge in [-0.15, -0.1) is 37.2 Å². The molecule has 14 heteroatoms. The van der Waals surface area contributed by atoms with Crippen LogP contribution in [0.3, 0.4) is 0 Å². The van der Waals surface area contributed by atoms with E-state index in [1.54, 1.807) is 31.0 Å². The molecule has 4 N–H and O–H groups in total. The van der Waals surface area contributed by atoms with Crippen LogP contribution in [0.15, 0.2) is 53.5 Å². The Morgan fingerprint density at radius 1 is 1.04 bits per heavy atom. The summed E-state index contributed by atoms with van der Waals surface area (Å²) in [4.78, 5) is 40.5. The number of nitrogens with two attached hydrogens (primary N) is 1. The molecule has 1 aliphatic heterocycles. The molecule has 4 aromatic rings. The van der Waals surface area contributed by atoms with Gasteiger partial charge in [-0.05, 0) is 69.0 Å². The number of nitrogens with zero attached hydrogens (tertiary/aromatic N) is 4. The van der Waals surface area contributed by atoms with E-state index in [-0.39, 0.29) is 60.4 Å². The fourth-order valence-electron chi connectivity index (χ4n) is 5.64. The SMILES string of the molecule is COc1ccc([C@@H](CNc2ncc3n(c2=O)[C@H](C(=O)NCc2ccc(N)nc2C)CC3)c2cc(C)cc(C)n2)c(OC)c1.Cl.Cl.Cl. The topological polar surface area (TPSA) is 146 Å². The third-order valence-corrected chi connectivity index (χ3v) is 7.80. The molecular weight excluding hydrogens is 653 g/mol. The number of carbonyl (C=O) groups excluding carboxylic acids is 1. The molecule has 0 bridgehead atoms. The molecule has 0 spiro atoms. The van der Waals surface area contributed by atoms with Gasteiger partial charge in [0.1, 0.15) is 23.4 Å². The molecule has 1 aromatic carbocycles. The normalized spacial score (nSPS) is 13.6. The predicted octanol–water partition coefficient (Wildman–Crippen LogP) is 4.87. The first kappa shape index (κ1) is 38.1. The Bertz CT molecular complexity index is 1710. The highest BCUT2D eigenvalue weighted by Gasteiger charge is 2.31. The molecule has 0 unspecified atom stereocenters. The molecule has 5 rings (SSSR count). The molecule has 3 aromatic heterocycles. The number of halogens is 3. The average Bonchev–Trinajstić information content (AvgIpc) is 3.42. The zero-order valence-electron chi connectivity index (χ0n) is 26.3. The first-order valence-electron chi connectivity index (χ1n) is 14.2. The van der Waals surface area contributed by atoms with Gasteiger partial charge in [0.2, 0.25) is 5.91 Å². The maximum atomic E-state index is 13.7. The number of pyridine rings is 2. The van der Waals surface area contributed by atoms with Crippen molar-refractivity contribution in [1.82, 2.24) is 24.8 Å². The highest BCUT2D eigenvalue weighted by Crippen LogP contribution is 2.34. The van der Waals surface area contributed by atoms with Gasteiger partial charge in [-0.25, -0.2) is 9.97 Å². The number of methoxy groups -OCH3 is 2. The summed E-state index contributed by atoms with van der Waals surface area (Å²) >= 11 is 0. The number of nitrogens with one attached hydrogen (secondary N) is 2. The summed E-state index contributed by atoms with van der Waals surface area (Å²) in [6, 6.07) is 12.6. The average molecular weight is 693 g/mol. The number of fused-ring (bicyclic) bond motifs is 1. The lowest BCUT2D eigenvalue weighted by molar-refractivity contribution is -0.124. The molecule has 46 heavy (non-hydrogen) atoms. The van der Waals surface area contributed by atoms with E-state index < -0.39 is 6.04 Å². The highest BCUT2D eigenvalue weighted by atomic mass is 35.5. The standard InChI is InChI=1S/C32H37N7O4.3ClH/c1-18-12-19(2)37-26(13-18)25(24-9-8-23(42-4)14-28(24)43-5)17-35-30-32(41)39-22(16-34-30)7-10-27(39)31(40)36-15-21-6-11-29(33)38-20(21)3;;;/h6,8-9,11-14,16,25,27H,7,10,15,17H2,1-5H3,(H2,33,38)(H,34,35)(H,36,40);3*1H/t25-,27+;;;/m1.../s1. The molecule has 0 saturated heterocycles. The molecule has 1 aliphatic rings. The van der Waals surface area contributed by atoms with Crippen LogP contribution in [0.25, 0.3) is 0 Å². The summed E-state index contributed by atoms with van der Waals surface area (Å²) in [6.45, 7) is 6.44. The number of hydrogen-bond acceptors (Lipinski definition) is 9. The number of hydrogen-bond donors (Lipinski definition) is 3. The number of anilines is 2. The van der Waals surface area contributed by atoms with Crippen LogP contribution in [0.2, 0.25) is 0 Å². The van der Waals surface area contributed by atoms with Gasteiger partial charge < -0.3 is 25.8 Å². The van der Waals surface area contributed by atoms with Crippen LogP contribution in [0, 0.1) is 20.8 Å². The predicted molar refractivity (Wildman–Crippen MR) is 186 cm³/mol. The van der Waals surface area contributed by atoms with Crippen LogP contribution in [0.1, 0.15) is 57.8 Å². The largest absolute Gasteiger partial charge is 0.497 e. The monoisotopic (exact) mass is 691 g/mol. The molecular formula is C32H40Cl3N7O4. The van der Waals surface area contributed by atoms with Crippen LogP contribution in [-0.4, -0.2) is 46.2 Å². The van der Waals surface area contributed by atoms with Crippen molar-refractivity contribution in [3.05, 3.63) is 98.5 Å². The maximum Gasteiger partial charge on any atom is 0.294 e. The Kier molecular flexibility index (Phi) is 13.7. The lowest BCUT2D eigenvalue weighted by atomic mass is 9.93. The summed E-state index contributed by atoms with van der Waals surface area (Å²) in [5.41, 5.74) is 11.4. The van der Waals surface area contributed by atoms with Gasteiger partial charge in [0.15, 0.2) is 5.82 Å². The van der Waals surface area contributed by atoms with E-state index in [4.69, 9.17) is 20.2 Å². The maximum absolute atomic E-state index is 13.7. The molecule has 248 valence electrons. The number of aryl methyl sites for hydroxylation is 4. The second-order valence-electron chi connectivity index (χ2n) is 10.8. The van der Waals surface area contributed by atoms with Crippen molar-refractivity contribution in [1.29, 1.82) is 0 Å². The van der Waals surface area contributed by atoms with Crippen molar-refractivity contribution in [2.45, 2.75) is 52.1 Å². The zero-order valence-corrected chi connectivity index (χ0v) is 28.8. The molecule has 0 fully saturated rings. The van der Waals surface area contributed by atoms with E-state index >= 15 is 0 Å². The third kappa shape index (κ3) is 8.20. The molecule has 1 amide bonds. The van der Waals surface area contributed by atoms with Gasteiger partial charge >= 0.3 is 0 Å². The number of ether oxygens (including phenoxy) is 2. The van der Waals surface area contributed by atoms with E-state index in [0.717, 1.165) is 39.5 Å². The van der Waals surface area contributed by atoms with Gasteiger partial charge in [0.25, 0.3) is 5.56 Å². The summed E-state index contributed by atoms with van der Waals surface area (Å²) in [7, 11) is 3.22. The number of aromatic nitrogens is 4. The Morgan fingerprint density at radius 2 is 1.80 bits per heavy atom. The first-order chi connectivity index (χ1) is 20.7. The summed E-state index contributed by atoms with van der Waals surface area (Å²) in [6.07, 6.45) is 2.77. The van der Waals surface area contributed by atoms with Gasteiger partial charge in [-0.1, -0.05) is 12.1 Å². The van der Waals surface area contributed by atoms with E-state index in [1.807, 2.05) is 57.2 Å². The first-order valence-corrected chi connectivity index (χ1v) is 14.2. The smallest absolute Gasteiger partial charge is 0.294 e. The quantitative estimate of drug-likeness (QED) is 0.212. The molecule has 0 radical (unpaired) electrons. The summed E-state index contributed by atoms with van der Waals surface area (Å²) in [5, 5.41) is 6.23. The van der Waals surface area contributed by atoms with Crippen molar-refractivity contribution < 1.29 is 14.3 Å². The van der Waals surface area contributed by atoms with Crippen LogP contribution in [0.5, 0.6) is 11.5 Å². The second kappa shape index (κ2) is 16.5. The number of amides is 1. The van der Waals surface area contributed by atoms with Crippen molar-refractivity contribution in [2.24, 2.45) is 0 Å². The van der Waals surface area contributed by atoms with E-state index in [2.05, 4.69) is 20.6 Å². The number of carbonyl (C=O) groups is 1. The Balaban J connectivity index is 0.00000245. The Morgan fingerprint density at radius 3 is 2.48 bits per heavy atom. The second-order valence-corrected chi connectivity index (χ2v) is 10.8. The van der Waals surface area contributed by atoms with Crippen LogP contribution in [-0.2, 0) is 17.8 Å². The fraction of sp³-hybridized carbons (Fsp3) is 0.344. The fourth-order valence-corrected chi connectivity index (χ4v) is 5.64. The van der Waals surface area contributed by atoms with Gasteiger partial charge in [0, 0.05) is 53.9 Å². The van der Waals surface area contributed by atoms with E-state index in [0.29, 0.717) is 43.2 Å². The molecule has 2 atom stereocenters. The highest BCUT2D eigenvalue weighted by molar-refractivity contribution is 5.86. The van der Waals surface area contributed by atoms with Crippen molar-refractivity contribution >= 4 is 54.8 Å². The van der Waals surface area contributed by atoms with Crippen molar-refractivity contribution in [2.75, 3.05) is 31.8 Å². The van der Waals surface area contributed by atoms with E-state index in [9.17, 15) is 9.59 Å².